The number of aromatic carboxylic acids is 1. The third-order valence-corrected chi connectivity index (χ3v) is 5.91. The summed E-state index contributed by atoms with van der Waals surface area (Å²) in [5, 5.41) is 9.04. The first kappa shape index (κ1) is 13.5. The van der Waals surface area contributed by atoms with Crippen LogP contribution in [0.15, 0.2) is 29.2 Å². The Morgan fingerprint density at radius 1 is 1.37 bits per heavy atom. The third-order valence-electron chi connectivity index (χ3n) is 3.08. The number of carbonyl (C=O) groups excluding carboxylic acids is 2. The van der Waals surface area contributed by atoms with E-state index in [1.165, 1.54) is 12.1 Å². The minimum absolute atomic E-state index is 0.0722. The molecule has 0 aromatic heterocycles. The van der Waals surface area contributed by atoms with Gasteiger partial charge in [-0.15, -0.1) is 0 Å². The van der Waals surface area contributed by atoms with E-state index < -0.39 is 16.2 Å². The van der Waals surface area contributed by atoms with Crippen LogP contribution in [0.5, 0.6) is 0 Å². The molecule has 1 N–H and O–H groups in total. The van der Waals surface area contributed by atoms with Crippen molar-refractivity contribution in [1.82, 2.24) is 4.31 Å². The molecular formula is C13H13NO4S. The fourth-order valence-corrected chi connectivity index (χ4v) is 4.03. The van der Waals surface area contributed by atoms with Crippen LogP contribution in [0.3, 0.4) is 0 Å². The Balaban J connectivity index is 2.74. The lowest BCUT2D eigenvalue weighted by Gasteiger charge is -2.36. The summed E-state index contributed by atoms with van der Waals surface area (Å²) in [6.07, 6.45) is 3.65. The SMILES string of the molecule is CN1CC=Cc2ccc(C(=O)O)cc2S1(C=O)C=O. The molecule has 0 fully saturated rings. The van der Waals surface area contributed by atoms with Gasteiger partial charge in [-0.25, -0.2) is 4.79 Å². The van der Waals surface area contributed by atoms with Crippen LogP contribution in [0.4, 0.5) is 0 Å². The van der Waals surface area contributed by atoms with Crippen molar-refractivity contribution >= 4 is 33.5 Å². The van der Waals surface area contributed by atoms with E-state index in [-0.39, 0.29) is 5.56 Å². The monoisotopic (exact) mass is 279 g/mol. The quantitative estimate of drug-likeness (QED) is 0.854. The number of fused-ring (bicyclic) bond motifs is 1. The van der Waals surface area contributed by atoms with Crippen molar-refractivity contribution in [2.45, 2.75) is 4.90 Å². The first-order valence-corrected chi connectivity index (χ1v) is 7.26. The highest BCUT2D eigenvalue weighted by atomic mass is 32.3. The van der Waals surface area contributed by atoms with Gasteiger partial charge in [0.15, 0.2) is 11.2 Å². The zero-order valence-corrected chi connectivity index (χ0v) is 11.1. The maximum Gasteiger partial charge on any atom is 0.335 e. The summed E-state index contributed by atoms with van der Waals surface area (Å²) in [7, 11) is -0.772. The molecule has 1 aliphatic rings. The van der Waals surface area contributed by atoms with Crippen LogP contribution >= 0.6 is 10.2 Å². The summed E-state index contributed by atoms with van der Waals surface area (Å²) in [4.78, 5) is 34.5. The van der Waals surface area contributed by atoms with Crippen LogP contribution < -0.4 is 0 Å². The minimum Gasteiger partial charge on any atom is -0.478 e. The van der Waals surface area contributed by atoms with Crippen molar-refractivity contribution < 1.29 is 19.5 Å². The Hall–Kier alpha value is -1.92. The Bertz CT molecular complexity index is 574. The molecule has 2 rings (SSSR count). The molecule has 0 atom stereocenters. The van der Waals surface area contributed by atoms with Gasteiger partial charge in [-0.2, -0.15) is 0 Å². The van der Waals surface area contributed by atoms with Crippen LogP contribution in [-0.2, 0) is 9.59 Å². The minimum atomic E-state index is -2.46. The highest BCUT2D eigenvalue weighted by Gasteiger charge is 2.33. The normalized spacial score (nSPS) is 19.0. The molecule has 1 aromatic carbocycles. The number of hydrogen-bond donors (Lipinski definition) is 1. The lowest BCUT2D eigenvalue weighted by molar-refractivity contribution is 0.0696. The molecule has 1 aromatic rings. The van der Waals surface area contributed by atoms with E-state index in [0.29, 0.717) is 28.2 Å². The number of carboxylic acid groups (broad SMARTS) is 1. The average molecular weight is 279 g/mol. The molecule has 1 aliphatic heterocycles. The van der Waals surface area contributed by atoms with Crippen LogP contribution in [0, 0.1) is 0 Å². The van der Waals surface area contributed by atoms with E-state index in [0.717, 1.165) is 0 Å². The predicted molar refractivity (Wildman–Crippen MR) is 74.4 cm³/mol. The number of carboxylic acids is 1. The van der Waals surface area contributed by atoms with E-state index in [1.54, 1.807) is 23.5 Å². The number of hydrogen-bond acceptors (Lipinski definition) is 4. The zero-order valence-electron chi connectivity index (χ0n) is 10.3. The molecule has 0 unspecified atom stereocenters. The first-order chi connectivity index (χ1) is 9.05. The van der Waals surface area contributed by atoms with Crippen LogP contribution in [0.1, 0.15) is 15.9 Å². The molecule has 6 heteroatoms. The predicted octanol–water partition coefficient (Wildman–Crippen LogP) is 1.80. The maximum absolute atomic E-state index is 11.5. The molecule has 1 heterocycles. The summed E-state index contributed by atoms with van der Waals surface area (Å²) >= 11 is 0. The van der Waals surface area contributed by atoms with Gasteiger partial charge < -0.3 is 5.11 Å². The number of carbonyl (C=O) groups is 3. The van der Waals surface area contributed by atoms with Gasteiger partial charge in [0, 0.05) is 11.4 Å². The van der Waals surface area contributed by atoms with Gasteiger partial charge in [0.1, 0.15) is 0 Å². The Kier molecular flexibility index (Phi) is 3.55. The van der Waals surface area contributed by atoms with E-state index >= 15 is 0 Å². The number of rotatable bonds is 3. The van der Waals surface area contributed by atoms with E-state index in [9.17, 15) is 14.4 Å². The molecule has 0 saturated heterocycles. The van der Waals surface area contributed by atoms with E-state index in [2.05, 4.69) is 0 Å². The van der Waals surface area contributed by atoms with Gasteiger partial charge in [0.2, 0.25) is 0 Å². The van der Waals surface area contributed by atoms with Crippen molar-refractivity contribution in [2.24, 2.45) is 0 Å². The summed E-state index contributed by atoms with van der Waals surface area (Å²) in [6, 6.07) is 4.52. The maximum atomic E-state index is 11.5. The van der Waals surface area contributed by atoms with Gasteiger partial charge in [-0.3, -0.25) is 13.9 Å². The molecule has 5 nitrogen and oxygen atoms in total. The van der Waals surface area contributed by atoms with Crippen molar-refractivity contribution in [3.05, 3.63) is 35.4 Å². The van der Waals surface area contributed by atoms with Crippen molar-refractivity contribution in [2.75, 3.05) is 13.6 Å². The topological polar surface area (TPSA) is 74.7 Å². The molecule has 100 valence electrons. The van der Waals surface area contributed by atoms with Crippen LogP contribution in [0.2, 0.25) is 0 Å². The lowest BCUT2D eigenvalue weighted by atomic mass is 10.1. The van der Waals surface area contributed by atoms with Crippen LogP contribution in [-0.4, -0.2) is 40.2 Å². The van der Waals surface area contributed by atoms with Crippen LogP contribution in [0.25, 0.3) is 6.08 Å². The third kappa shape index (κ3) is 2.09. The Labute approximate surface area is 112 Å². The highest BCUT2D eigenvalue weighted by molar-refractivity contribution is 8.51. The van der Waals surface area contributed by atoms with Crippen molar-refractivity contribution in [3.63, 3.8) is 0 Å². The number of benzene rings is 1. The summed E-state index contributed by atoms with van der Waals surface area (Å²) in [5.41, 5.74) is 2.06. The second-order valence-corrected chi connectivity index (χ2v) is 6.93. The van der Waals surface area contributed by atoms with Gasteiger partial charge >= 0.3 is 5.97 Å². The second-order valence-electron chi connectivity index (χ2n) is 4.14. The van der Waals surface area contributed by atoms with E-state index in [4.69, 9.17) is 5.11 Å². The van der Waals surface area contributed by atoms with Gasteiger partial charge in [-0.05, 0) is 35.0 Å². The van der Waals surface area contributed by atoms with Crippen molar-refractivity contribution in [1.29, 1.82) is 0 Å². The molecule has 19 heavy (non-hydrogen) atoms. The standard InChI is InChI=1S/C13H13NO4S/c1-14-6-2-3-10-4-5-11(13(17)18)7-12(10)19(14,8-15)9-16/h2-5,7-9H,6H2,1H3,(H,17,18). The molecule has 0 radical (unpaired) electrons. The molecule has 0 aliphatic carbocycles. The second kappa shape index (κ2) is 4.99. The number of nitrogens with zero attached hydrogens (tertiary/aromatic N) is 1. The smallest absolute Gasteiger partial charge is 0.335 e. The Morgan fingerprint density at radius 3 is 2.63 bits per heavy atom. The highest BCUT2D eigenvalue weighted by Crippen LogP contribution is 2.55. The van der Waals surface area contributed by atoms with E-state index in [1.807, 2.05) is 6.08 Å². The Morgan fingerprint density at radius 2 is 2.05 bits per heavy atom. The average Bonchev–Trinajstić information content (AvgIpc) is 2.54. The molecule has 0 bridgehead atoms. The summed E-state index contributed by atoms with van der Waals surface area (Å²) in [6.45, 7) is 0.462. The fraction of sp³-hybridized carbons (Fsp3) is 0.154. The number of likely N-dealkylation sites (N-methyl/N-ethyl adjacent to an activating group) is 1. The van der Waals surface area contributed by atoms with Gasteiger partial charge in [0.25, 0.3) is 0 Å². The zero-order chi connectivity index (χ0) is 14.0. The van der Waals surface area contributed by atoms with Gasteiger partial charge in [0.05, 0.1) is 5.56 Å². The van der Waals surface area contributed by atoms with Gasteiger partial charge in [-0.1, -0.05) is 18.2 Å². The lowest BCUT2D eigenvalue weighted by Crippen LogP contribution is -2.26. The summed E-state index contributed by atoms with van der Waals surface area (Å²) < 4.78 is 1.67. The van der Waals surface area contributed by atoms with Crippen molar-refractivity contribution in [3.8, 4) is 0 Å². The fourth-order valence-electron chi connectivity index (χ4n) is 1.98. The molecule has 0 amide bonds. The molecular weight excluding hydrogens is 266 g/mol. The largest absolute Gasteiger partial charge is 0.478 e. The first-order valence-electron chi connectivity index (χ1n) is 5.54. The molecule has 0 saturated carbocycles. The summed E-state index contributed by atoms with van der Waals surface area (Å²) in [5.74, 6) is -1.08. The molecule has 0 spiro atoms.